The van der Waals surface area contributed by atoms with Crippen LogP contribution in [0.5, 0.6) is 5.75 Å². The average molecular weight is 431 g/mol. The molecule has 2 aromatic carbocycles. The molecule has 4 rings (SSSR count). The van der Waals surface area contributed by atoms with Crippen LogP contribution in [0.15, 0.2) is 59.0 Å². The highest BCUT2D eigenvalue weighted by molar-refractivity contribution is 5.39. The van der Waals surface area contributed by atoms with E-state index in [9.17, 15) is 0 Å². The van der Waals surface area contributed by atoms with Gasteiger partial charge in [-0.3, -0.25) is 4.90 Å². The molecular formula is C28H34N2O2. The zero-order valence-electron chi connectivity index (χ0n) is 19.5. The molecule has 0 bridgehead atoms. The molecule has 0 amide bonds. The molecule has 0 saturated heterocycles. The van der Waals surface area contributed by atoms with E-state index in [1.807, 2.05) is 13.0 Å². The highest BCUT2D eigenvalue weighted by Gasteiger charge is 2.17. The Kier molecular flexibility index (Phi) is 7.43. The lowest BCUT2D eigenvalue weighted by Gasteiger charge is -2.29. The molecule has 3 aromatic rings. The number of fused-ring (bicyclic) bond motifs is 1. The van der Waals surface area contributed by atoms with Gasteiger partial charge in [0.15, 0.2) is 0 Å². The summed E-state index contributed by atoms with van der Waals surface area (Å²) in [6.45, 7) is 10.0. The number of ether oxygens (including phenoxy) is 1. The van der Waals surface area contributed by atoms with Crippen LogP contribution in [-0.4, -0.2) is 23.0 Å². The minimum Gasteiger partial charge on any atom is -0.493 e. The van der Waals surface area contributed by atoms with E-state index >= 15 is 0 Å². The van der Waals surface area contributed by atoms with Crippen LogP contribution in [0.25, 0.3) is 6.08 Å². The molecular weight excluding hydrogens is 396 g/mol. The van der Waals surface area contributed by atoms with Crippen LogP contribution in [0, 0.1) is 12.8 Å². The monoisotopic (exact) mass is 430 g/mol. The second-order valence-electron chi connectivity index (χ2n) is 9.06. The largest absolute Gasteiger partial charge is 0.493 e. The molecule has 0 radical (unpaired) electrons. The Labute approximate surface area is 191 Å². The Hall–Kier alpha value is -2.85. The molecule has 0 unspecified atom stereocenters. The first-order valence-electron chi connectivity index (χ1n) is 11.7. The summed E-state index contributed by atoms with van der Waals surface area (Å²) in [7, 11) is 0. The zero-order chi connectivity index (χ0) is 22.3. The van der Waals surface area contributed by atoms with Crippen molar-refractivity contribution in [1.29, 1.82) is 0 Å². The van der Waals surface area contributed by atoms with E-state index in [0.717, 1.165) is 56.1 Å². The van der Waals surface area contributed by atoms with Crippen molar-refractivity contribution in [2.45, 2.75) is 53.1 Å². The van der Waals surface area contributed by atoms with Gasteiger partial charge in [-0.05, 0) is 60.6 Å². The summed E-state index contributed by atoms with van der Waals surface area (Å²) in [6.07, 6.45) is 6.96. The first-order chi connectivity index (χ1) is 15.6. The van der Waals surface area contributed by atoms with Crippen molar-refractivity contribution >= 4 is 6.08 Å². The second kappa shape index (κ2) is 10.6. The van der Waals surface area contributed by atoms with Crippen LogP contribution in [0.1, 0.15) is 54.3 Å². The lowest BCUT2D eigenvalue weighted by atomic mass is 9.99. The predicted octanol–water partition coefficient (Wildman–Crippen LogP) is 6.22. The van der Waals surface area contributed by atoms with Crippen LogP contribution in [0.2, 0.25) is 0 Å². The normalized spacial score (nSPS) is 14.2. The van der Waals surface area contributed by atoms with Gasteiger partial charge >= 0.3 is 0 Å². The SMILES string of the molecule is Cc1oc(/C=C/CC(C)C)nc1CCOc1ccc2c(c1)CN(Cc1ccccc1)CC2. The number of rotatable bonds is 9. The fraction of sp³-hybridized carbons (Fsp3) is 0.393. The summed E-state index contributed by atoms with van der Waals surface area (Å²) >= 11 is 0. The molecule has 168 valence electrons. The van der Waals surface area contributed by atoms with Gasteiger partial charge in [0, 0.05) is 26.1 Å². The minimum atomic E-state index is 0.592. The van der Waals surface area contributed by atoms with Crippen molar-refractivity contribution in [3.8, 4) is 5.75 Å². The summed E-state index contributed by atoms with van der Waals surface area (Å²) < 4.78 is 11.9. The number of hydrogen-bond donors (Lipinski definition) is 0. The number of benzene rings is 2. The van der Waals surface area contributed by atoms with E-state index < -0.39 is 0 Å². The van der Waals surface area contributed by atoms with E-state index in [1.165, 1.54) is 16.7 Å². The molecule has 1 aromatic heterocycles. The van der Waals surface area contributed by atoms with Gasteiger partial charge in [0.05, 0.1) is 12.3 Å². The van der Waals surface area contributed by atoms with Gasteiger partial charge in [0.1, 0.15) is 11.5 Å². The molecule has 32 heavy (non-hydrogen) atoms. The smallest absolute Gasteiger partial charge is 0.218 e. The van der Waals surface area contributed by atoms with Crippen molar-refractivity contribution in [2.75, 3.05) is 13.2 Å². The summed E-state index contributed by atoms with van der Waals surface area (Å²) in [5.41, 5.74) is 5.15. The molecule has 1 aliphatic heterocycles. The van der Waals surface area contributed by atoms with Crippen LogP contribution in [0.4, 0.5) is 0 Å². The number of oxazole rings is 1. The first-order valence-corrected chi connectivity index (χ1v) is 11.7. The van der Waals surface area contributed by atoms with Gasteiger partial charge < -0.3 is 9.15 Å². The Bertz CT molecular complexity index is 1040. The van der Waals surface area contributed by atoms with E-state index in [1.54, 1.807) is 0 Å². The highest BCUT2D eigenvalue weighted by Crippen LogP contribution is 2.25. The fourth-order valence-electron chi connectivity index (χ4n) is 4.12. The third-order valence-corrected chi connectivity index (χ3v) is 5.90. The van der Waals surface area contributed by atoms with Crippen molar-refractivity contribution in [3.05, 3.63) is 88.6 Å². The van der Waals surface area contributed by atoms with Crippen LogP contribution in [-0.2, 0) is 25.9 Å². The molecule has 1 aliphatic rings. The molecule has 0 fully saturated rings. The molecule has 0 aliphatic carbocycles. The molecule has 2 heterocycles. The molecule has 0 spiro atoms. The number of nitrogens with zero attached hydrogens (tertiary/aromatic N) is 2. The third-order valence-electron chi connectivity index (χ3n) is 5.90. The summed E-state index contributed by atoms with van der Waals surface area (Å²) in [5, 5.41) is 0. The Morgan fingerprint density at radius 2 is 1.97 bits per heavy atom. The average Bonchev–Trinajstić information content (AvgIpc) is 3.13. The van der Waals surface area contributed by atoms with E-state index in [-0.39, 0.29) is 0 Å². The van der Waals surface area contributed by atoms with Crippen molar-refractivity contribution in [3.63, 3.8) is 0 Å². The van der Waals surface area contributed by atoms with Crippen molar-refractivity contribution in [1.82, 2.24) is 9.88 Å². The number of hydrogen-bond acceptors (Lipinski definition) is 4. The topological polar surface area (TPSA) is 38.5 Å². The van der Waals surface area contributed by atoms with Gasteiger partial charge in [-0.15, -0.1) is 0 Å². The minimum absolute atomic E-state index is 0.592. The van der Waals surface area contributed by atoms with E-state index in [0.29, 0.717) is 18.4 Å². The maximum Gasteiger partial charge on any atom is 0.218 e. The maximum atomic E-state index is 6.09. The second-order valence-corrected chi connectivity index (χ2v) is 9.06. The van der Waals surface area contributed by atoms with Crippen LogP contribution >= 0.6 is 0 Å². The van der Waals surface area contributed by atoms with Gasteiger partial charge in [0.25, 0.3) is 0 Å². The number of aryl methyl sites for hydroxylation is 1. The van der Waals surface area contributed by atoms with Gasteiger partial charge in [0.2, 0.25) is 5.89 Å². The quantitative estimate of drug-likeness (QED) is 0.404. The summed E-state index contributed by atoms with van der Waals surface area (Å²) in [5.74, 6) is 3.13. The standard InChI is InChI=1S/C28H34N2O2/c1-21(2)8-7-11-28-29-27(22(3)32-28)15-17-31-26-13-12-24-14-16-30(20-25(24)18-26)19-23-9-5-4-6-10-23/h4-7,9-13,18,21H,8,14-17,19-20H2,1-3H3/b11-7+. The molecule has 4 nitrogen and oxygen atoms in total. The highest BCUT2D eigenvalue weighted by atomic mass is 16.5. The Morgan fingerprint density at radius 3 is 2.78 bits per heavy atom. The van der Waals surface area contributed by atoms with Crippen molar-refractivity contribution < 1.29 is 9.15 Å². The van der Waals surface area contributed by atoms with Gasteiger partial charge in [-0.2, -0.15) is 0 Å². The molecule has 0 saturated carbocycles. The van der Waals surface area contributed by atoms with Crippen LogP contribution in [0.3, 0.4) is 0 Å². The first kappa shape index (κ1) is 22.3. The zero-order valence-corrected chi connectivity index (χ0v) is 19.5. The molecule has 4 heteroatoms. The molecule has 0 atom stereocenters. The van der Waals surface area contributed by atoms with Gasteiger partial charge in [-0.1, -0.05) is 56.3 Å². The lowest BCUT2D eigenvalue weighted by Crippen LogP contribution is -2.30. The number of aromatic nitrogens is 1. The lowest BCUT2D eigenvalue weighted by molar-refractivity contribution is 0.244. The predicted molar refractivity (Wildman–Crippen MR) is 130 cm³/mol. The van der Waals surface area contributed by atoms with Gasteiger partial charge in [-0.25, -0.2) is 4.98 Å². The van der Waals surface area contributed by atoms with E-state index in [4.69, 9.17) is 9.15 Å². The Balaban J connectivity index is 1.31. The fourth-order valence-corrected chi connectivity index (χ4v) is 4.12. The maximum absolute atomic E-state index is 6.09. The Morgan fingerprint density at radius 1 is 1.12 bits per heavy atom. The molecule has 0 N–H and O–H groups in total. The number of allylic oxidation sites excluding steroid dienone is 1. The third kappa shape index (κ3) is 6.10. The summed E-state index contributed by atoms with van der Waals surface area (Å²) in [6, 6.07) is 17.2. The van der Waals surface area contributed by atoms with Crippen molar-refractivity contribution in [2.24, 2.45) is 5.92 Å². The van der Waals surface area contributed by atoms with E-state index in [2.05, 4.69) is 78.3 Å². The summed E-state index contributed by atoms with van der Waals surface area (Å²) in [4.78, 5) is 7.13. The van der Waals surface area contributed by atoms with Crippen LogP contribution < -0.4 is 4.74 Å².